The van der Waals surface area contributed by atoms with Crippen LogP contribution in [0.25, 0.3) is 5.69 Å². The van der Waals surface area contributed by atoms with E-state index in [4.69, 9.17) is 35.4 Å². The SMILES string of the molecule is CN(C)c1cc(Cl)c(-n2c(C(F)(F)F)nn(C)c2=S)cc1Cl. The van der Waals surface area contributed by atoms with Crippen LogP contribution in [0.1, 0.15) is 5.82 Å². The van der Waals surface area contributed by atoms with Crippen molar-refractivity contribution >= 4 is 41.1 Å². The number of benzene rings is 1. The summed E-state index contributed by atoms with van der Waals surface area (Å²) >= 11 is 17.2. The van der Waals surface area contributed by atoms with E-state index >= 15 is 0 Å². The molecule has 1 aromatic carbocycles. The number of hydrogen-bond donors (Lipinski definition) is 0. The van der Waals surface area contributed by atoms with Gasteiger partial charge in [-0.05, 0) is 24.4 Å². The first kappa shape index (κ1) is 17.1. The van der Waals surface area contributed by atoms with Crippen molar-refractivity contribution in [2.75, 3.05) is 19.0 Å². The van der Waals surface area contributed by atoms with Gasteiger partial charge in [-0.2, -0.15) is 13.2 Å². The summed E-state index contributed by atoms with van der Waals surface area (Å²) in [6, 6.07) is 2.82. The highest BCUT2D eigenvalue weighted by molar-refractivity contribution is 7.71. The minimum Gasteiger partial charge on any atom is -0.376 e. The normalized spacial score (nSPS) is 11.8. The predicted octanol–water partition coefficient (Wildman–Crippen LogP) is 4.33. The van der Waals surface area contributed by atoms with Crippen LogP contribution >= 0.6 is 35.4 Å². The third-order valence-electron chi connectivity index (χ3n) is 2.92. The Hall–Kier alpha value is -1.25. The Bertz CT molecular complexity index is 780. The molecule has 0 fully saturated rings. The lowest BCUT2D eigenvalue weighted by Crippen LogP contribution is -2.15. The van der Waals surface area contributed by atoms with Gasteiger partial charge in [0, 0.05) is 21.1 Å². The number of alkyl halides is 3. The van der Waals surface area contributed by atoms with Crippen LogP contribution in [0.4, 0.5) is 18.9 Å². The van der Waals surface area contributed by atoms with E-state index in [9.17, 15) is 13.2 Å². The van der Waals surface area contributed by atoms with Crippen LogP contribution < -0.4 is 4.90 Å². The second kappa shape index (κ2) is 5.75. The van der Waals surface area contributed by atoms with E-state index in [1.54, 1.807) is 19.0 Å². The number of aromatic nitrogens is 3. The Kier molecular flexibility index (Phi) is 4.47. The van der Waals surface area contributed by atoms with Crippen LogP contribution in [-0.4, -0.2) is 28.4 Å². The Morgan fingerprint density at radius 2 is 1.77 bits per heavy atom. The first-order chi connectivity index (χ1) is 10.0. The van der Waals surface area contributed by atoms with E-state index in [1.165, 1.54) is 19.2 Å². The van der Waals surface area contributed by atoms with E-state index in [2.05, 4.69) is 5.10 Å². The molecule has 1 aromatic heterocycles. The summed E-state index contributed by atoms with van der Waals surface area (Å²) in [7, 11) is 4.82. The molecule has 0 spiro atoms. The molecule has 0 unspecified atom stereocenters. The zero-order valence-electron chi connectivity index (χ0n) is 11.7. The molecule has 0 atom stereocenters. The summed E-state index contributed by atoms with van der Waals surface area (Å²) in [5.41, 5.74) is 0.613. The van der Waals surface area contributed by atoms with Crippen molar-refractivity contribution in [1.82, 2.24) is 14.3 Å². The van der Waals surface area contributed by atoms with Gasteiger partial charge in [0.25, 0.3) is 0 Å². The van der Waals surface area contributed by atoms with Gasteiger partial charge < -0.3 is 4.90 Å². The van der Waals surface area contributed by atoms with Gasteiger partial charge in [0.1, 0.15) is 0 Å². The lowest BCUT2D eigenvalue weighted by Gasteiger charge is -2.17. The van der Waals surface area contributed by atoms with Crippen molar-refractivity contribution in [3.63, 3.8) is 0 Å². The van der Waals surface area contributed by atoms with E-state index in [-0.39, 0.29) is 20.5 Å². The number of aryl methyl sites for hydroxylation is 1. The lowest BCUT2D eigenvalue weighted by molar-refractivity contribution is -0.146. The molecular formula is C12H11Cl2F3N4S. The van der Waals surface area contributed by atoms with Crippen LogP contribution in [-0.2, 0) is 13.2 Å². The smallest absolute Gasteiger partial charge is 0.376 e. The van der Waals surface area contributed by atoms with E-state index in [0.29, 0.717) is 5.69 Å². The number of nitrogens with zero attached hydrogens (tertiary/aromatic N) is 4. The molecule has 0 N–H and O–H groups in total. The Balaban J connectivity index is 2.78. The van der Waals surface area contributed by atoms with Crippen molar-refractivity contribution < 1.29 is 13.2 Å². The molecule has 0 bridgehead atoms. The number of rotatable bonds is 2. The highest BCUT2D eigenvalue weighted by Crippen LogP contribution is 2.36. The van der Waals surface area contributed by atoms with Crippen molar-refractivity contribution in [2.24, 2.45) is 7.05 Å². The Labute approximate surface area is 139 Å². The highest BCUT2D eigenvalue weighted by Gasteiger charge is 2.39. The van der Waals surface area contributed by atoms with Gasteiger partial charge in [-0.15, -0.1) is 5.10 Å². The maximum Gasteiger partial charge on any atom is 0.452 e. The second-order valence-electron chi connectivity index (χ2n) is 4.71. The predicted molar refractivity (Wildman–Crippen MR) is 82.7 cm³/mol. The molecule has 120 valence electrons. The summed E-state index contributed by atoms with van der Waals surface area (Å²) in [6.07, 6.45) is -4.68. The Morgan fingerprint density at radius 1 is 1.18 bits per heavy atom. The van der Waals surface area contributed by atoms with Crippen molar-refractivity contribution in [3.8, 4) is 5.69 Å². The number of hydrogen-bond acceptors (Lipinski definition) is 3. The van der Waals surface area contributed by atoms with E-state index < -0.39 is 12.0 Å². The molecular weight excluding hydrogens is 360 g/mol. The zero-order valence-corrected chi connectivity index (χ0v) is 14.1. The summed E-state index contributed by atoms with van der Waals surface area (Å²) in [6.45, 7) is 0. The first-order valence-corrected chi connectivity index (χ1v) is 7.10. The molecule has 0 aliphatic rings. The topological polar surface area (TPSA) is 26.0 Å². The maximum atomic E-state index is 13.1. The summed E-state index contributed by atoms with van der Waals surface area (Å²) < 4.78 is 41.0. The van der Waals surface area contributed by atoms with Crippen molar-refractivity contribution in [1.29, 1.82) is 0 Å². The van der Waals surface area contributed by atoms with E-state index in [1.807, 2.05) is 0 Å². The number of halogens is 5. The standard InChI is InChI=1S/C12H11Cl2F3N4S/c1-19(2)8-4-7(14)9(5-6(8)13)21-10(12(15,16)17)18-20(3)11(21)22/h4-5H,1-3H3. The monoisotopic (exact) mass is 370 g/mol. The second-order valence-corrected chi connectivity index (χ2v) is 5.89. The summed E-state index contributed by atoms with van der Waals surface area (Å²) in [4.78, 5) is 1.70. The van der Waals surface area contributed by atoms with Gasteiger partial charge in [-0.3, -0.25) is 4.57 Å². The zero-order chi connectivity index (χ0) is 16.8. The quantitative estimate of drug-likeness (QED) is 0.735. The average Bonchev–Trinajstić information content (AvgIpc) is 2.68. The fraction of sp³-hybridized carbons (Fsp3) is 0.333. The molecule has 2 rings (SSSR count). The van der Waals surface area contributed by atoms with Gasteiger partial charge >= 0.3 is 6.18 Å². The van der Waals surface area contributed by atoms with Crippen LogP contribution in [0.3, 0.4) is 0 Å². The highest BCUT2D eigenvalue weighted by atomic mass is 35.5. The van der Waals surface area contributed by atoms with Gasteiger partial charge in [0.2, 0.25) is 10.6 Å². The molecule has 0 aliphatic carbocycles. The molecule has 1 heterocycles. The minimum atomic E-state index is -4.68. The fourth-order valence-electron chi connectivity index (χ4n) is 1.91. The molecule has 0 aliphatic heterocycles. The van der Waals surface area contributed by atoms with Gasteiger partial charge in [0.15, 0.2) is 0 Å². The fourth-order valence-corrected chi connectivity index (χ4v) is 2.70. The van der Waals surface area contributed by atoms with Crippen LogP contribution in [0, 0.1) is 4.77 Å². The minimum absolute atomic E-state index is 0.0303. The van der Waals surface area contributed by atoms with Gasteiger partial charge in [-0.1, -0.05) is 23.2 Å². The largest absolute Gasteiger partial charge is 0.452 e. The molecule has 2 aromatic rings. The third kappa shape index (κ3) is 2.95. The molecule has 0 radical (unpaired) electrons. The first-order valence-electron chi connectivity index (χ1n) is 5.94. The van der Waals surface area contributed by atoms with E-state index in [0.717, 1.165) is 9.25 Å². The van der Waals surface area contributed by atoms with Crippen LogP contribution in [0.2, 0.25) is 10.0 Å². The molecule has 4 nitrogen and oxygen atoms in total. The van der Waals surface area contributed by atoms with Gasteiger partial charge in [-0.25, -0.2) is 4.68 Å². The maximum absolute atomic E-state index is 13.1. The van der Waals surface area contributed by atoms with Gasteiger partial charge in [0.05, 0.1) is 21.4 Å². The molecule has 22 heavy (non-hydrogen) atoms. The van der Waals surface area contributed by atoms with Crippen LogP contribution in [0.15, 0.2) is 12.1 Å². The van der Waals surface area contributed by atoms with Crippen LogP contribution in [0.5, 0.6) is 0 Å². The lowest BCUT2D eigenvalue weighted by atomic mass is 10.2. The summed E-state index contributed by atoms with van der Waals surface area (Å²) in [5.74, 6) is -1.16. The molecule has 0 saturated carbocycles. The Morgan fingerprint density at radius 3 is 2.27 bits per heavy atom. The van der Waals surface area contributed by atoms with Crippen molar-refractivity contribution in [3.05, 3.63) is 32.8 Å². The average molecular weight is 371 g/mol. The number of anilines is 1. The molecule has 0 amide bonds. The third-order valence-corrected chi connectivity index (χ3v) is 3.97. The summed E-state index contributed by atoms with van der Waals surface area (Å²) in [5, 5.41) is 3.76. The molecule has 10 heteroatoms. The van der Waals surface area contributed by atoms with Crippen molar-refractivity contribution in [2.45, 2.75) is 6.18 Å². The molecule has 0 saturated heterocycles.